The van der Waals surface area contributed by atoms with E-state index in [0.717, 1.165) is 0 Å². The van der Waals surface area contributed by atoms with E-state index >= 15 is 0 Å². The molecule has 2 N–H and O–H groups in total. The second-order valence-electron chi connectivity index (χ2n) is 5.42. The van der Waals surface area contributed by atoms with Gasteiger partial charge in [-0.15, -0.1) is 0 Å². The van der Waals surface area contributed by atoms with E-state index in [2.05, 4.69) is 0 Å². The second kappa shape index (κ2) is 4.86. The lowest BCUT2D eigenvalue weighted by atomic mass is 10.3. The predicted octanol–water partition coefficient (Wildman–Crippen LogP) is 0.859. The minimum absolute atomic E-state index is 0.0564. The molecule has 25 heavy (non-hydrogen) atoms. The van der Waals surface area contributed by atoms with Crippen molar-refractivity contribution in [3.63, 3.8) is 0 Å². The number of hydrogen-bond donors (Lipinski definition) is 1. The highest BCUT2D eigenvalue weighted by Crippen LogP contribution is 2.23. The molecular weight excluding hydrogens is 350 g/mol. The molecule has 9 nitrogen and oxygen atoms in total. The molecule has 0 amide bonds. The number of fused-ring (bicyclic) bond motifs is 2. The van der Waals surface area contributed by atoms with Crippen molar-refractivity contribution in [2.75, 3.05) is 5.73 Å². The van der Waals surface area contributed by atoms with Crippen molar-refractivity contribution in [2.45, 2.75) is 4.90 Å². The molecular formula is C15H11N3O6S. The summed E-state index contributed by atoms with van der Waals surface area (Å²) in [5.74, 6) is -1.68. The van der Waals surface area contributed by atoms with Gasteiger partial charge in [0, 0.05) is 24.9 Å². The molecule has 0 saturated carbocycles. The van der Waals surface area contributed by atoms with Crippen LogP contribution < -0.4 is 17.2 Å². The highest BCUT2D eigenvalue weighted by Gasteiger charge is 2.25. The molecule has 0 unspecified atom stereocenters. The van der Waals surface area contributed by atoms with E-state index in [0.29, 0.717) is 15.2 Å². The van der Waals surface area contributed by atoms with E-state index in [1.807, 2.05) is 0 Å². The first-order valence-corrected chi connectivity index (χ1v) is 8.49. The normalized spacial score (nSPS) is 12.2. The number of benzene rings is 2. The Bertz CT molecular complexity index is 1370. The van der Waals surface area contributed by atoms with Crippen LogP contribution in [0.5, 0.6) is 0 Å². The topological polar surface area (TPSA) is 130 Å². The van der Waals surface area contributed by atoms with Gasteiger partial charge in [0.1, 0.15) is 5.52 Å². The van der Waals surface area contributed by atoms with Crippen LogP contribution in [0.2, 0.25) is 0 Å². The van der Waals surface area contributed by atoms with Crippen molar-refractivity contribution in [2.24, 2.45) is 7.05 Å². The summed E-state index contributed by atoms with van der Waals surface area (Å²) in [6.45, 7) is 0. The third-order valence-corrected chi connectivity index (χ3v) is 5.54. The van der Waals surface area contributed by atoms with Crippen LogP contribution in [0.1, 0.15) is 0 Å². The summed E-state index contributed by atoms with van der Waals surface area (Å²) in [5, 5.41) is 0. The average Bonchev–Trinajstić information content (AvgIpc) is 3.03. The molecule has 0 radical (unpaired) electrons. The molecule has 4 rings (SSSR count). The molecule has 0 fully saturated rings. The molecule has 0 aliphatic rings. The Morgan fingerprint density at radius 1 is 0.920 bits per heavy atom. The summed E-state index contributed by atoms with van der Waals surface area (Å²) in [6.07, 6.45) is 0. The molecule has 2 aromatic heterocycles. The smallest absolute Gasteiger partial charge is 0.408 e. The molecule has 0 spiro atoms. The minimum Gasteiger partial charge on any atom is -0.408 e. The fourth-order valence-corrected chi connectivity index (χ4v) is 3.97. The van der Waals surface area contributed by atoms with Crippen molar-refractivity contribution in [3.8, 4) is 0 Å². The van der Waals surface area contributed by atoms with Gasteiger partial charge >= 0.3 is 11.5 Å². The van der Waals surface area contributed by atoms with Crippen molar-refractivity contribution in [1.29, 1.82) is 0 Å². The average molecular weight is 361 g/mol. The number of aromatic nitrogens is 2. The highest BCUT2D eigenvalue weighted by molar-refractivity contribution is 7.90. The van der Waals surface area contributed by atoms with Crippen LogP contribution in [0.25, 0.3) is 22.2 Å². The zero-order valence-corrected chi connectivity index (χ0v) is 13.6. The van der Waals surface area contributed by atoms with Gasteiger partial charge in [0.25, 0.3) is 10.0 Å². The third kappa shape index (κ3) is 2.11. The van der Waals surface area contributed by atoms with Gasteiger partial charge in [-0.25, -0.2) is 18.0 Å². The lowest BCUT2D eigenvalue weighted by molar-refractivity contribution is 0.526. The number of nitrogens with two attached hydrogens (primary N) is 1. The van der Waals surface area contributed by atoms with Crippen LogP contribution >= 0.6 is 0 Å². The molecule has 10 heteroatoms. The Morgan fingerprint density at radius 3 is 2.32 bits per heavy atom. The van der Waals surface area contributed by atoms with Gasteiger partial charge in [-0.1, -0.05) is 0 Å². The van der Waals surface area contributed by atoms with Crippen LogP contribution in [-0.4, -0.2) is 17.0 Å². The SMILES string of the molecule is Cn1c(=O)oc2cc(S(=O)(=O)n3c(=O)oc4cc(N)ccc43)ccc21. The first kappa shape index (κ1) is 15.3. The standard InChI is InChI=1S/C15H11N3O6S/c1-17-10-5-3-9(7-13(10)23-14(17)19)25(21,22)18-11-4-2-8(16)6-12(11)24-15(18)20/h2-7H,16H2,1H3. The number of oxazole rings is 2. The summed E-state index contributed by atoms with van der Waals surface area (Å²) in [6, 6.07) is 8.11. The van der Waals surface area contributed by atoms with E-state index in [1.165, 1.54) is 48.0 Å². The zero-order chi connectivity index (χ0) is 17.9. The van der Waals surface area contributed by atoms with E-state index < -0.39 is 21.5 Å². The second-order valence-corrected chi connectivity index (χ2v) is 7.21. The Labute approximate surface area is 139 Å². The molecule has 0 aliphatic carbocycles. The summed E-state index contributed by atoms with van der Waals surface area (Å²) in [4.78, 5) is 23.4. The molecule has 0 atom stereocenters. The van der Waals surface area contributed by atoms with E-state index in [1.54, 1.807) is 0 Å². The number of nitrogens with zero attached hydrogens (tertiary/aromatic N) is 2. The Hall–Kier alpha value is -3.27. The fourth-order valence-electron chi connectivity index (χ4n) is 2.62. The summed E-state index contributed by atoms with van der Waals surface area (Å²) >= 11 is 0. The summed E-state index contributed by atoms with van der Waals surface area (Å²) < 4.78 is 37.5. The molecule has 2 heterocycles. The van der Waals surface area contributed by atoms with Crippen LogP contribution in [0.15, 0.2) is 59.7 Å². The molecule has 2 aromatic carbocycles. The number of nitrogen functional groups attached to an aromatic ring is 1. The maximum atomic E-state index is 12.9. The minimum atomic E-state index is -4.26. The van der Waals surface area contributed by atoms with Crippen molar-refractivity contribution >= 4 is 37.9 Å². The molecule has 0 aliphatic heterocycles. The summed E-state index contributed by atoms with van der Waals surface area (Å²) in [7, 11) is -2.76. The number of anilines is 1. The predicted molar refractivity (Wildman–Crippen MR) is 88.9 cm³/mol. The first-order valence-electron chi connectivity index (χ1n) is 7.05. The van der Waals surface area contributed by atoms with Crippen LogP contribution in [-0.2, 0) is 17.1 Å². The maximum Gasteiger partial charge on any atom is 0.434 e. The van der Waals surface area contributed by atoms with Crippen molar-refractivity contribution in [3.05, 3.63) is 57.5 Å². The number of hydrogen-bond acceptors (Lipinski definition) is 7. The monoisotopic (exact) mass is 361 g/mol. The van der Waals surface area contributed by atoms with Gasteiger partial charge in [-0.3, -0.25) is 4.57 Å². The van der Waals surface area contributed by atoms with Crippen molar-refractivity contribution < 1.29 is 17.3 Å². The van der Waals surface area contributed by atoms with Crippen LogP contribution in [0, 0.1) is 0 Å². The van der Waals surface area contributed by atoms with E-state index in [4.69, 9.17) is 14.6 Å². The first-order chi connectivity index (χ1) is 11.8. The molecule has 128 valence electrons. The highest BCUT2D eigenvalue weighted by atomic mass is 32.2. The number of rotatable bonds is 2. The maximum absolute atomic E-state index is 12.9. The fraction of sp³-hybridized carbons (Fsp3) is 0.0667. The quantitative estimate of drug-likeness (QED) is 0.524. The third-order valence-electron chi connectivity index (χ3n) is 3.87. The molecule has 0 bridgehead atoms. The largest absolute Gasteiger partial charge is 0.434 e. The Kier molecular flexibility index (Phi) is 2.97. The Balaban J connectivity index is 2.01. The number of aryl methyl sites for hydroxylation is 1. The van der Waals surface area contributed by atoms with Crippen LogP contribution in [0.3, 0.4) is 0 Å². The molecule has 0 saturated heterocycles. The lowest BCUT2D eigenvalue weighted by Gasteiger charge is -2.05. The van der Waals surface area contributed by atoms with Crippen molar-refractivity contribution in [1.82, 2.24) is 8.54 Å². The van der Waals surface area contributed by atoms with Crippen LogP contribution in [0.4, 0.5) is 5.69 Å². The summed E-state index contributed by atoms with van der Waals surface area (Å²) in [5.41, 5.74) is 6.60. The molecule has 4 aromatic rings. The lowest BCUT2D eigenvalue weighted by Crippen LogP contribution is -2.23. The van der Waals surface area contributed by atoms with E-state index in [9.17, 15) is 18.0 Å². The van der Waals surface area contributed by atoms with Gasteiger partial charge < -0.3 is 14.6 Å². The Morgan fingerprint density at radius 2 is 1.56 bits per heavy atom. The zero-order valence-electron chi connectivity index (χ0n) is 12.8. The van der Waals surface area contributed by atoms with Gasteiger partial charge in [-0.2, -0.15) is 3.97 Å². The van der Waals surface area contributed by atoms with E-state index in [-0.39, 0.29) is 21.6 Å². The van der Waals surface area contributed by atoms with Gasteiger partial charge in [0.05, 0.1) is 10.4 Å². The van der Waals surface area contributed by atoms with Gasteiger partial charge in [0.15, 0.2) is 11.2 Å². The van der Waals surface area contributed by atoms with Gasteiger partial charge in [-0.05, 0) is 24.3 Å². The van der Waals surface area contributed by atoms with Gasteiger partial charge in [0.2, 0.25) is 0 Å².